The quantitative estimate of drug-likeness (QED) is 0.704. The maximum Gasteiger partial charge on any atom is 0.248 e. The highest BCUT2D eigenvalue weighted by Crippen LogP contribution is 2.13. The Morgan fingerprint density at radius 2 is 2.14 bits per heavy atom. The molecule has 0 aliphatic carbocycles. The van der Waals surface area contributed by atoms with Gasteiger partial charge in [0.1, 0.15) is 5.54 Å². The van der Waals surface area contributed by atoms with Crippen LogP contribution in [0, 0.1) is 0 Å². The van der Waals surface area contributed by atoms with Gasteiger partial charge < -0.3 is 10.2 Å². The Morgan fingerprint density at radius 3 is 2.71 bits per heavy atom. The van der Waals surface area contributed by atoms with Crippen molar-refractivity contribution >= 4 is 11.8 Å². The van der Waals surface area contributed by atoms with E-state index in [1.807, 2.05) is 0 Å². The van der Waals surface area contributed by atoms with Crippen LogP contribution in [-0.2, 0) is 9.59 Å². The van der Waals surface area contributed by atoms with Crippen molar-refractivity contribution in [1.82, 2.24) is 10.2 Å². The van der Waals surface area contributed by atoms with E-state index in [1.54, 1.807) is 13.8 Å². The number of carbonyl (C=O) groups excluding carboxylic acids is 2. The highest BCUT2D eigenvalue weighted by Gasteiger charge is 2.38. The lowest BCUT2D eigenvalue weighted by Crippen LogP contribution is -2.63. The predicted molar refractivity (Wildman–Crippen MR) is 49.4 cm³/mol. The van der Waals surface area contributed by atoms with Crippen molar-refractivity contribution in [3.8, 4) is 0 Å². The Hall–Kier alpha value is -1.13. The van der Waals surface area contributed by atoms with Crippen LogP contribution in [0.2, 0.25) is 0 Å². The average Bonchev–Trinajstić information content (AvgIpc) is 2.08. The first kappa shape index (κ1) is 10.9. The molecule has 0 aromatic heterocycles. The number of amides is 2. The molecular weight excluding hydrogens is 187 g/mol. The molecule has 0 aromatic rings. The molecular formula is C9H15FN2O2. The van der Waals surface area contributed by atoms with Gasteiger partial charge in [-0.2, -0.15) is 0 Å². The van der Waals surface area contributed by atoms with Gasteiger partial charge in [-0.25, -0.2) is 0 Å². The largest absolute Gasteiger partial charge is 0.341 e. The van der Waals surface area contributed by atoms with Gasteiger partial charge in [0.05, 0.1) is 13.2 Å². The van der Waals surface area contributed by atoms with Gasteiger partial charge in [0.15, 0.2) is 0 Å². The zero-order chi connectivity index (χ0) is 10.8. The molecule has 1 rings (SSSR count). The number of carbonyl (C=O) groups is 2. The van der Waals surface area contributed by atoms with Crippen molar-refractivity contribution in [1.29, 1.82) is 0 Å². The van der Waals surface area contributed by atoms with Crippen molar-refractivity contribution < 1.29 is 14.0 Å². The molecule has 0 bridgehead atoms. The van der Waals surface area contributed by atoms with Gasteiger partial charge >= 0.3 is 0 Å². The van der Waals surface area contributed by atoms with Crippen molar-refractivity contribution in [3.63, 3.8) is 0 Å². The van der Waals surface area contributed by atoms with Crippen LogP contribution in [-0.4, -0.2) is 42.0 Å². The molecule has 0 unspecified atom stereocenters. The maximum absolute atomic E-state index is 11.9. The molecule has 14 heavy (non-hydrogen) atoms. The van der Waals surface area contributed by atoms with Gasteiger partial charge in [0, 0.05) is 6.54 Å². The normalized spacial score (nSPS) is 20.9. The van der Waals surface area contributed by atoms with Crippen LogP contribution in [0.4, 0.5) is 4.39 Å². The lowest BCUT2D eigenvalue weighted by atomic mass is 10.0. The Morgan fingerprint density at radius 1 is 1.50 bits per heavy atom. The third-order valence-electron chi connectivity index (χ3n) is 2.17. The van der Waals surface area contributed by atoms with Gasteiger partial charge in [-0.1, -0.05) is 0 Å². The molecule has 2 amide bonds. The number of halogens is 1. The summed E-state index contributed by atoms with van der Waals surface area (Å²) in [6, 6.07) is 0. The van der Waals surface area contributed by atoms with Crippen molar-refractivity contribution in [3.05, 3.63) is 0 Å². The minimum Gasteiger partial charge on any atom is -0.341 e. The molecule has 0 saturated carbocycles. The van der Waals surface area contributed by atoms with Crippen LogP contribution < -0.4 is 5.32 Å². The Labute approximate surface area is 82.5 Å². The van der Waals surface area contributed by atoms with Crippen molar-refractivity contribution in [2.45, 2.75) is 25.8 Å². The van der Waals surface area contributed by atoms with Crippen LogP contribution in [0.15, 0.2) is 0 Å². The minimum absolute atomic E-state index is 0.0439. The first-order valence-corrected chi connectivity index (χ1v) is 4.64. The van der Waals surface area contributed by atoms with Crippen molar-refractivity contribution in [2.24, 2.45) is 0 Å². The lowest BCUT2D eigenvalue weighted by molar-refractivity contribution is -0.148. The molecule has 0 aromatic carbocycles. The number of alkyl halides is 1. The molecule has 1 N–H and O–H groups in total. The first-order chi connectivity index (χ1) is 6.47. The summed E-state index contributed by atoms with van der Waals surface area (Å²) in [4.78, 5) is 24.3. The fraction of sp³-hybridized carbons (Fsp3) is 0.778. The van der Waals surface area contributed by atoms with E-state index in [1.165, 1.54) is 4.90 Å². The second kappa shape index (κ2) is 3.94. The molecule has 0 radical (unpaired) electrons. The van der Waals surface area contributed by atoms with E-state index in [-0.39, 0.29) is 24.8 Å². The van der Waals surface area contributed by atoms with E-state index < -0.39 is 12.2 Å². The van der Waals surface area contributed by atoms with Gasteiger partial charge in [0.2, 0.25) is 11.8 Å². The first-order valence-electron chi connectivity index (χ1n) is 4.64. The standard InChI is InChI=1S/C9H15FN2O2/c1-9(2)8(14)12(5-3-4-10)6-7(13)11-9/h3-6H2,1-2H3,(H,11,13). The van der Waals surface area contributed by atoms with Gasteiger partial charge in [0.25, 0.3) is 0 Å². The number of hydrogen-bond acceptors (Lipinski definition) is 2. The molecule has 4 nitrogen and oxygen atoms in total. The van der Waals surface area contributed by atoms with Crippen LogP contribution in [0.3, 0.4) is 0 Å². The van der Waals surface area contributed by atoms with Crippen molar-refractivity contribution in [2.75, 3.05) is 19.8 Å². The molecule has 1 aliphatic rings. The summed E-state index contributed by atoms with van der Waals surface area (Å²) < 4.78 is 11.9. The monoisotopic (exact) mass is 202 g/mol. The SMILES string of the molecule is CC1(C)NC(=O)CN(CCCF)C1=O. The van der Waals surface area contributed by atoms with E-state index in [2.05, 4.69) is 5.32 Å². The molecule has 0 spiro atoms. The smallest absolute Gasteiger partial charge is 0.248 e. The highest BCUT2D eigenvalue weighted by atomic mass is 19.1. The van der Waals surface area contributed by atoms with Gasteiger partial charge in [-0.15, -0.1) is 0 Å². The van der Waals surface area contributed by atoms with Crippen LogP contribution in [0.1, 0.15) is 20.3 Å². The minimum atomic E-state index is -0.856. The average molecular weight is 202 g/mol. The highest BCUT2D eigenvalue weighted by molar-refractivity contribution is 5.97. The Bertz CT molecular complexity index is 253. The second-order valence-electron chi connectivity index (χ2n) is 3.94. The molecule has 1 heterocycles. The van der Waals surface area contributed by atoms with E-state index in [4.69, 9.17) is 0 Å². The van der Waals surface area contributed by atoms with E-state index in [0.717, 1.165) is 0 Å². The summed E-state index contributed by atoms with van der Waals surface area (Å²) in [6.45, 7) is 3.18. The molecule has 5 heteroatoms. The zero-order valence-electron chi connectivity index (χ0n) is 8.47. The topological polar surface area (TPSA) is 49.4 Å². The van der Waals surface area contributed by atoms with Crippen LogP contribution in [0.25, 0.3) is 0 Å². The van der Waals surface area contributed by atoms with E-state index >= 15 is 0 Å². The zero-order valence-corrected chi connectivity index (χ0v) is 8.47. The lowest BCUT2D eigenvalue weighted by Gasteiger charge is -2.37. The van der Waals surface area contributed by atoms with Crippen LogP contribution in [0.5, 0.6) is 0 Å². The number of hydrogen-bond donors (Lipinski definition) is 1. The summed E-state index contributed by atoms with van der Waals surface area (Å²) in [5.74, 6) is -0.334. The summed E-state index contributed by atoms with van der Waals surface area (Å²) in [6.07, 6.45) is 0.287. The summed E-state index contributed by atoms with van der Waals surface area (Å²) in [5, 5.41) is 2.59. The van der Waals surface area contributed by atoms with E-state index in [0.29, 0.717) is 6.54 Å². The summed E-state index contributed by atoms with van der Waals surface area (Å²) in [5.41, 5.74) is -0.856. The van der Waals surface area contributed by atoms with Gasteiger partial charge in [-0.3, -0.25) is 14.0 Å². The maximum atomic E-state index is 11.9. The summed E-state index contributed by atoms with van der Waals surface area (Å²) >= 11 is 0. The number of piperazine rings is 1. The Kier molecular flexibility index (Phi) is 3.08. The number of rotatable bonds is 3. The van der Waals surface area contributed by atoms with Crippen LogP contribution >= 0.6 is 0 Å². The fourth-order valence-electron chi connectivity index (χ4n) is 1.51. The predicted octanol–water partition coefficient (Wildman–Crippen LogP) is 0.0830. The number of nitrogens with one attached hydrogen (secondary N) is 1. The summed E-state index contributed by atoms with van der Waals surface area (Å²) in [7, 11) is 0. The molecule has 1 fully saturated rings. The third-order valence-corrected chi connectivity index (χ3v) is 2.17. The number of nitrogens with zero attached hydrogens (tertiary/aromatic N) is 1. The molecule has 0 atom stereocenters. The van der Waals surface area contributed by atoms with E-state index in [9.17, 15) is 14.0 Å². The van der Waals surface area contributed by atoms with Gasteiger partial charge in [-0.05, 0) is 20.3 Å². The molecule has 1 saturated heterocycles. The molecule has 80 valence electrons. The molecule has 1 aliphatic heterocycles. The second-order valence-corrected chi connectivity index (χ2v) is 3.94. The Balaban J connectivity index is 2.66. The fourth-order valence-corrected chi connectivity index (χ4v) is 1.51. The third kappa shape index (κ3) is 2.21.